The monoisotopic (exact) mass is 334 g/mol. The van der Waals surface area contributed by atoms with Gasteiger partial charge in [0, 0.05) is 17.8 Å². The van der Waals surface area contributed by atoms with E-state index in [0.717, 1.165) is 11.4 Å². The van der Waals surface area contributed by atoms with Crippen LogP contribution in [0, 0.1) is 0 Å². The number of rotatable bonds is 2. The smallest absolute Gasteiger partial charge is 0.485 e. The Morgan fingerprint density at radius 3 is 1.82 bits per heavy atom. The number of hydrogen-bond acceptors (Lipinski definition) is 4. The second-order valence-electron chi connectivity index (χ2n) is 4.14. The Morgan fingerprint density at radius 2 is 1.41 bits per heavy atom. The fraction of sp³-hybridized carbons (Fsp3) is 0.154. The van der Waals surface area contributed by atoms with Crippen LogP contribution in [0.4, 0.5) is 24.5 Å². The molecular weight excluding hydrogens is 321 g/mol. The molecule has 0 unspecified atom stereocenters. The molecule has 0 aliphatic rings. The van der Waals surface area contributed by atoms with Gasteiger partial charge in [-0.1, -0.05) is 18.2 Å². The second kappa shape index (κ2) is 7.23. The Bertz CT molecular complexity index is 687. The molecule has 1 aromatic heterocycles. The molecular formula is C13H13F3N2O3S. The van der Waals surface area contributed by atoms with Crippen LogP contribution in [0.5, 0.6) is 0 Å². The van der Waals surface area contributed by atoms with Crippen molar-refractivity contribution in [1.82, 2.24) is 0 Å². The van der Waals surface area contributed by atoms with Gasteiger partial charge in [0.2, 0.25) is 0 Å². The summed E-state index contributed by atoms with van der Waals surface area (Å²) in [5.74, 6) is 0. The maximum atomic E-state index is 10.7. The first-order valence-corrected chi connectivity index (χ1v) is 7.30. The highest BCUT2D eigenvalue weighted by Gasteiger charge is 2.36. The number of hydrogen-bond donors (Lipinski definition) is 1. The predicted molar refractivity (Wildman–Crippen MR) is 73.1 cm³/mol. The fourth-order valence-corrected chi connectivity index (χ4v) is 1.27. The standard InChI is InChI=1S/C12H12N2.CHF3O3S/c1-14-9-7-12(8-10-14)13-11-5-3-2-4-6-11;2-1(3,4)8(5,6)7/h2-10H,1H3;(H,5,6,7). The minimum Gasteiger partial charge on any atom is -0.741 e. The Kier molecular flexibility index (Phi) is 5.89. The zero-order valence-corrected chi connectivity index (χ0v) is 12.2. The van der Waals surface area contributed by atoms with E-state index in [0.29, 0.717) is 0 Å². The maximum absolute atomic E-state index is 10.7. The van der Waals surface area contributed by atoms with E-state index in [-0.39, 0.29) is 0 Å². The molecule has 0 saturated heterocycles. The van der Waals surface area contributed by atoms with E-state index in [2.05, 4.69) is 5.32 Å². The molecule has 0 fully saturated rings. The van der Waals surface area contributed by atoms with Crippen LogP contribution < -0.4 is 9.88 Å². The van der Waals surface area contributed by atoms with E-state index in [4.69, 9.17) is 13.0 Å². The molecule has 0 spiro atoms. The van der Waals surface area contributed by atoms with Gasteiger partial charge in [0.25, 0.3) is 0 Å². The number of halogens is 3. The quantitative estimate of drug-likeness (QED) is 0.520. The van der Waals surface area contributed by atoms with E-state index in [1.54, 1.807) is 0 Å². The van der Waals surface area contributed by atoms with Crippen LogP contribution in [0.15, 0.2) is 54.9 Å². The summed E-state index contributed by atoms with van der Waals surface area (Å²) in [6.45, 7) is 0. The number of pyridine rings is 1. The van der Waals surface area contributed by atoms with Crippen LogP contribution >= 0.6 is 0 Å². The van der Waals surface area contributed by atoms with E-state index < -0.39 is 15.6 Å². The summed E-state index contributed by atoms with van der Waals surface area (Å²) in [4.78, 5) is 0. The Morgan fingerprint density at radius 1 is 1.00 bits per heavy atom. The molecule has 120 valence electrons. The summed E-state index contributed by atoms with van der Waals surface area (Å²) in [5.41, 5.74) is -3.43. The number of alkyl halides is 3. The average Bonchev–Trinajstić information content (AvgIpc) is 2.41. The Balaban J connectivity index is 0.000000261. The SMILES string of the molecule is C[n+]1ccc(Nc2ccccc2)cc1.O=S(=O)([O-])C(F)(F)F. The van der Waals surface area contributed by atoms with Crippen molar-refractivity contribution < 1.29 is 30.7 Å². The number of anilines is 2. The van der Waals surface area contributed by atoms with Gasteiger partial charge in [-0.3, -0.25) is 0 Å². The van der Waals surface area contributed by atoms with Crippen molar-refractivity contribution in [2.75, 3.05) is 5.32 Å². The summed E-state index contributed by atoms with van der Waals surface area (Å²) >= 11 is 0. The minimum absolute atomic E-state index is 1.11. The first kappa shape index (κ1) is 17.9. The lowest BCUT2D eigenvalue weighted by Gasteiger charge is -2.08. The highest BCUT2D eigenvalue weighted by atomic mass is 32.2. The molecule has 0 saturated carbocycles. The highest BCUT2D eigenvalue weighted by Crippen LogP contribution is 2.20. The van der Waals surface area contributed by atoms with Crippen molar-refractivity contribution in [3.05, 3.63) is 54.9 Å². The summed E-state index contributed by atoms with van der Waals surface area (Å²) in [5, 5.41) is 3.32. The third-order valence-electron chi connectivity index (χ3n) is 2.32. The van der Waals surface area contributed by atoms with E-state index in [1.807, 2.05) is 66.5 Å². The molecule has 0 aliphatic carbocycles. The average molecular weight is 334 g/mol. The first-order chi connectivity index (χ1) is 10.1. The van der Waals surface area contributed by atoms with Gasteiger partial charge in [0.1, 0.15) is 7.05 Å². The number of para-hydroxylation sites is 1. The molecule has 0 radical (unpaired) electrons. The molecule has 22 heavy (non-hydrogen) atoms. The summed E-state index contributed by atoms with van der Waals surface area (Å²) in [7, 11) is -4.08. The summed E-state index contributed by atoms with van der Waals surface area (Å²) in [6, 6.07) is 14.2. The molecule has 0 aliphatic heterocycles. The van der Waals surface area contributed by atoms with Crippen molar-refractivity contribution in [2.24, 2.45) is 7.05 Å². The van der Waals surface area contributed by atoms with Crippen molar-refractivity contribution in [3.8, 4) is 0 Å². The number of benzene rings is 1. The lowest BCUT2D eigenvalue weighted by atomic mass is 10.3. The zero-order chi connectivity index (χ0) is 16.8. The molecule has 0 bridgehead atoms. The van der Waals surface area contributed by atoms with Crippen LogP contribution in [-0.4, -0.2) is 18.5 Å². The van der Waals surface area contributed by atoms with Crippen LogP contribution in [0.3, 0.4) is 0 Å². The van der Waals surface area contributed by atoms with Gasteiger partial charge >= 0.3 is 5.51 Å². The van der Waals surface area contributed by atoms with Gasteiger partial charge in [-0.15, -0.1) is 0 Å². The van der Waals surface area contributed by atoms with Gasteiger partial charge in [-0.25, -0.2) is 13.0 Å². The number of aryl methyl sites for hydroxylation is 1. The van der Waals surface area contributed by atoms with Crippen molar-refractivity contribution in [1.29, 1.82) is 0 Å². The van der Waals surface area contributed by atoms with Gasteiger partial charge < -0.3 is 9.87 Å². The van der Waals surface area contributed by atoms with Crippen LogP contribution in [-0.2, 0) is 17.2 Å². The summed E-state index contributed by atoms with van der Waals surface area (Å²) < 4.78 is 60.9. The Hall–Kier alpha value is -2.13. The zero-order valence-electron chi connectivity index (χ0n) is 11.4. The molecule has 2 aromatic rings. The van der Waals surface area contributed by atoms with Gasteiger partial charge in [0.05, 0.1) is 5.69 Å². The maximum Gasteiger partial charge on any atom is 0.485 e. The van der Waals surface area contributed by atoms with Crippen molar-refractivity contribution in [2.45, 2.75) is 5.51 Å². The predicted octanol–water partition coefficient (Wildman–Crippen LogP) is 2.31. The number of aromatic nitrogens is 1. The first-order valence-electron chi connectivity index (χ1n) is 5.89. The highest BCUT2D eigenvalue weighted by molar-refractivity contribution is 7.86. The van der Waals surface area contributed by atoms with Gasteiger partial charge in [-0.2, -0.15) is 13.2 Å². The number of nitrogens with one attached hydrogen (secondary N) is 1. The van der Waals surface area contributed by atoms with Crippen molar-refractivity contribution >= 4 is 21.5 Å². The molecule has 1 N–H and O–H groups in total. The third kappa shape index (κ3) is 6.10. The largest absolute Gasteiger partial charge is 0.741 e. The molecule has 1 heterocycles. The van der Waals surface area contributed by atoms with Crippen LogP contribution in [0.2, 0.25) is 0 Å². The molecule has 9 heteroatoms. The lowest BCUT2D eigenvalue weighted by Crippen LogP contribution is -2.25. The molecule has 2 rings (SSSR count). The molecule has 0 amide bonds. The fourth-order valence-electron chi connectivity index (χ4n) is 1.27. The van der Waals surface area contributed by atoms with E-state index in [1.165, 1.54) is 0 Å². The van der Waals surface area contributed by atoms with Crippen LogP contribution in [0.1, 0.15) is 0 Å². The van der Waals surface area contributed by atoms with E-state index >= 15 is 0 Å². The Labute approximate surface area is 125 Å². The summed E-state index contributed by atoms with van der Waals surface area (Å²) in [6.07, 6.45) is 4.04. The molecule has 1 aromatic carbocycles. The lowest BCUT2D eigenvalue weighted by molar-refractivity contribution is -0.671. The van der Waals surface area contributed by atoms with Gasteiger partial charge in [-0.05, 0) is 12.1 Å². The van der Waals surface area contributed by atoms with E-state index in [9.17, 15) is 13.2 Å². The molecule has 0 atom stereocenters. The normalized spacial score (nSPS) is 11.3. The third-order valence-corrected chi connectivity index (χ3v) is 2.89. The second-order valence-corrected chi connectivity index (χ2v) is 5.51. The van der Waals surface area contributed by atoms with Crippen LogP contribution in [0.25, 0.3) is 0 Å². The van der Waals surface area contributed by atoms with Crippen molar-refractivity contribution in [3.63, 3.8) is 0 Å². The minimum atomic E-state index is -6.09. The molecule has 5 nitrogen and oxygen atoms in total. The number of nitrogens with zero attached hydrogens (tertiary/aromatic N) is 1. The topological polar surface area (TPSA) is 73.1 Å². The van der Waals surface area contributed by atoms with Gasteiger partial charge in [0.15, 0.2) is 22.5 Å².